The molecule has 122 valence electrons. The van der Waals surface area contributed by atoms with Gasteiger partial charge in [0.25, 0.3) is 0 Å². The molecular formula is C19H28FNO. The fourth-order valence-electron chi connectivity index (χ4n) is 2.28. The van der Waals surface area contributed by atoms with Crippen LogP contribution in [0.15, 0.2) is 30.3 Å². The number of nitrogens with zero attached hydrogens (tertiary/aromatic N) is 1. The molecule has 0 aromatic heterocycles. The maximum absolute atomic E-state index is 12.9. The minimum Gasteiger partial charge on any atom is -0.339 e. The van der Waals surface area contributed by atoms with Gasteiger partial charge in [0.05, 0.1) is 0 Å². The second-order valence-corrected chi connectivity index (χ2v) is 5.62. The van der Waals surface area contributed by atoms with Crippen molar-refractivity contribution in [2.45, 2.75) is 52.4 Å². The third kappa shape index (κ3) is 7.39. The van der Waals surface area contributed by atoms with E-state index in [-0.39, 0.29) is 11.7 Å². The quantitative estimate of drug-likeness (QED) is 0.437. The summed E-state index contributed by atoms with van der Waals surface area (Å²) in [6.07, 6.45) is 10.1. The van der Waals surface area contributed by atoms with Crippen molar-refractivity contribution in [3.05, 3.63) is 41.7 Å². The predicted molar refractivity (Wildman–Crippen MR) is 91.1 cm³/mol. The maximum atomic E-state index is 12.9. The van der Waals surface area contributed by atoms with Gasteiger partial charge in [-0.3, -0.25) is 4.79 Å². The highest BCUT2D eigenvalue weighted by molar-refractivity contribution is 5.91. The van der Waals surface area contributed by atoms with Crippen LogP contribution in [-0.2, 0) is 4.79 Å². The van der Waals surface area contributed by atoms with Gasteiger partial charge in [-0.1, -0.05) is 51.7 Å². The number of carbonyl (C=O) groups is 1. The Morgan fingerprint density at radius 3 is 2.05 bits per heavy atom. The number of hydrogen-bond acceptors (Lipinski definition) is 1. The summed E-state index contributed by atoms with van der Waals surface area (Å²) in [5, 5.41) is 0. The molecule has 0 saturated carbocycles. The average Bonchev–Trinajstić information content (AvgIpc) is 2.53. The van der Waals surface area contributed by atoms with E-state index in [1.807, 2.05) is 4.90 Å². The Kier molecular flexibility index (Phi) is 9.20. The van der Waals surface area contributed by atoms with Crippen molar-refractivity contribution in [2.24, 2.45) is 0 Å². The highest BCUT2D eigenvalue weighted by atomic mass is 19.1. The predicted octanol–water partition coefficient (Wildman–Crippen LogP) is 5.05. The minimum absolute atomic E-state index is 0.0523. The van der Waals surface area contributed by atoms with Crippen molar-refractivity contribution in [3.63, 3.8) is 0 Å². The molecule has 0 N–H and O–H groups in total. The first-order valence-electron chi connectivity index (χ1n) is 8.40. The standard InChI is InChI=1S/C19H28FNO/c1-3-5-7-15-21(16-8-6-4-2)19(22)14-11-17-9-12-18(20)13-10-17/h9-14H,3-8,15-16H2,1-2H3. The lowest BCUT2D eigenvalue weighted by Crippen LogP contribution is -2.31. The number of carbonyl (C=O) groups excluding carboxylic acids is 1. The van der Waals surface area contributed by atoms with Gasteiger partial charge < -0.3 is 4.90 Å². The molecule has 1 aromatic rings. The van der Waals surface area contributed by atoms with Gasteiger partial charge in [0, 0.05) is 19.2 Å². The van der Waals surface area contributed by atoms with Crippen LogP contribution in [0.25, 0.3) is 6.08 Å². The monoisotopic (exact) mass is 305 g/mol. The second-order valence-electron chi connectivity index (χ2n) is 5.62. The lowest BCUT2D eigenvalue weighted by molar-refractivity contribution is -0.126. The van der Waals surface area contributed by atoms with E-state index in [1.54, 1.807) is 24.3 Å². The number of benzene rings is 1. The largest absolute Gasteiger partial charge is 0.339 e. The summed E-state index contributed by atoms with van der Waals surface area (Å²) in [7, 11) is 0. The highest BCUT2D eigenvalue weighted by Gasteiger charge is 2.09. The van der Waals surface area contributed by atoms with E-state index in [2.05, 4.69) is 13.8 Å². The molecule has 0 unspecified atom stereocenters. The van der Waals surface area contributed by atoms with Crippen LogP contribution >= 0.6 is 0 Å². The molecule has 0 aliphatic rings. The van der Waals surface area contributed by atoms with E-state index in [4.69, 9.17) is 0 Å². The second kappa shape index (κ2) is 11.0. The van der Waals surface area contributed by atoms with Crippen molar-refractivity contribution in [2.75, 3.05) is 13.1 Å². The number of amides is 1. The Balaban J connectivity index is 2.58. The summed E-state index contributed by atoms with van der Waals surface area (Å²) >= 11 is 0. The highest BCUT2D eigenvalue weighted by Crippen LogP contribution is 2.07. The summed E-state index contributed by atoms with van der Waals surface area (Å²) in [6.45, 7) is 5.98. The normalized spacial score (nSPS) is 11.0. The van der Waals surface area contributed by atoms with Crippen LogP contribution < -0.4 is 0 Å². The van der Waals surface area contributed by atoms with Crippen LogP contribution in [0.5, 0.6) is 0 Å². The molecular weight excluding hydrogens is 277 g/mol. The first kappa shape index (κ1) is 18.4. The van der Waals surface area contributed by atoms with Gasteiger partial charge in [0.1, 0.15) is 5.82 Å². The lowest BCUT2D eigenvalue weighted by atomic mass is 10.2. The molecule has 0 bridgehead atoms. The summed E-state index contributed by atoms with van der Waals surface area (Å²) in [4.78, 5) is 14.3. The maximum Gasteiger partial charge on any atom is 0.246 e. The molecule has 1 amide bonds. The van der Waals surface area contributed by atoms with Gasteiger partial charge in [0.15, 0.2) is 0 Å². The summed E-state index contributed by atoms with van der Waals surface area (Å²) in [6, 6.07) is 6.17. The Labute approximate surface area is 134 Å². The number of unbranched alkanes of at least 4 members (excludes halogenated alkanes) is 4. The van der Waals surface area contributed by atoms with Crippen molar-refractivity contribution in [3.8, 4) is 0 Å². The molecule has 3 heteroatoms. The summed E-state index contributed by atoms with van der Waals surface area (Å²) in [5.74, 6) is -0.208. The van der Waals surface area contributed by atoms with E-state index >= 15 is 0 Å². The SMILES string of the molecule is CCCCCN(CCCCC)C(=O)C=Cc1ccc(F)cc1. The van der Waals surface area contributed by atoms with E-state index < -0.39 is 0 Å². The molecule has 0 aliphatic carbocycles. The fourth-order valence-corrected chi connectivity index (χ4v) is 2.28. The van der Waals surface area contributed by atoms with Crippen molar-refractivity contribution >= 4 is 12.0 Å². The molecule has 0 spiro atoms. The molecule has 22 heavy (non-hydrogen) atoms. The molecule has 1 aromatic carbocycles. The molecule has 0 radical (unpaired) electrons. The summed E-state index contributed by atoms with van der Waals surface area (Å²) < 4.78 is 12.9. The first-order chi connectivity index (χ1) is 10.7. The Morgan fingerprint density at radius 2 is 1.55 bits per heavy atom. The molecule has 2 nitrogen and oxygen atoms in total. The Bertz CT molecular complexity index is 443. The molecule has 0 heterocycles. The van der Waals surface area contributed by atoms with Crippen LogP contribution in [0.2, 0.25) is 0 Å². The van der Waals surface area contributed by atoms with Gasteiger partial charge in [0.2, 0.25) is 5.91 Å². The summed E-state index contributed by atoms with van der Waals surface area (Å²) in [5.41, 5.74) is 0.844. The topological polar surface area (TPSA) is 20.3 Å². The zero-order chi connectivity index (χ0) is 16.2. The molecule has 0 atom stereocenters. The minimum atomic E-state index is -0.260. The van der Waals surface area contributed by atoms with Gasteiger partial charge >= 0.3 is 0 Å². The number of halogens is 1. The van der Waals surface area contributed by atoms with Crippen molar-refractivity contribution < 1.29 is 9.18 Å². The van der Waals surface area contributed by atoms with E-state index in [9.17, 15) is 9.18 Å². The van der Waals surface area contributed by atoms with Gasteiger partial charge in [-0.15, -0.1) is 0 Å². The van der Waals surface area contributed by atoms with E-state index in [1.165, 1.54) is 12.1 Å². The third-order valence-corrected chi connectivity index (χ3v) is 3.66. The molecule has 0 saturated heterocycles. The molecule has 0 aliphatic heterocycles. The first-order valence-corrected chi connectivity index (χ1v) is 8.40. The van der Waals surface area contributed by atoms with Gasteiger partial charge in [-0.25, -0.2) is 4.39 Å². The van der Waals surface area contributed by atoms with Crippen LogP contribution in [-0.4, -0.2) is 23.9 Å². The lowest BCUT2D eigenvalue weighted by Gasteiger charge is -2.21. The van der Waals surface area contributed by atoms with Gasteiger partial charge in [-0.2, -0.15) is 0 Å². The van der Waals surface area contributed by atoms with E-state index in [0.29, 0.717) is 0 Å². The smallest absolute Gasteiger partial charge is 0.246 e. The van der Waals surface area contributed by atoms with Crippen LogP contribution in [0, 0.1) is 5.82 Å². The number of hydrogen-bond donors (Lipinski definition) is 0. The fraction of sp³-hybridized carbons (Fsp3) is 0.526. The van der Waals surface area contributed by atoms with Crippen LogP contribution in [0.1, 0.15) is 57.9 Å². The zero-order valence-electron chi connectivity index (χ0n) is 13.9. The third-order valence-electron chi connectivity index (χ3n) is 3.66. The molecule has 0 fully saturated rings. The average molecular weight is 305 g/mol. The van der Waals surface area contributed by atoms with E-state index in [0.717, 1.165) is 57.2 Å². The van der Waals surface area contributed by atoms with Crippen molar-refractivity contribution in [1.82, 2.24) is 4.90 Å². The van der Waals surface area contributed by atoms with Crippen LogP contribution in [0.4, 0.5) is 4.39 Å². The number of rotatable bonds is 10. The van der Waals surface area contributed by atoms with Crippen LogP contribution in [0.3, 0.4) is 0 Å². The van der Waals surface area contributed by atoms with Gasteiger partial charge in [-0.05, 0) is 36.6 Å². The Hall–Kier alpha value is -1.64. The van der Waals surface area contributed by atoms with Crippen molar-refractivity contribution in [1.29, 1.82) is 0 Å². The molecule has 1 rings (SSSR count). The Morgan fingerprint density at radius 1 is 1.00 bits per heavy atom. The zero-order valence-corrected chi connectivity index (χ0v) is 13.9.